The molecule has 1 aromatic heterocycles. The summed E-state index contributed by atoms with van der Waals surface area (Å²) in [5.41, 5.74) is 1.93. The fourth-order valence-corrected chi connectivity index (χ4v) is 2.57. The zero-order chi connectivity index (χ0) is 19.2. The molecule has 0 unspecified atom stereocenters. The zero-order valence-electron chi connectivity index (χ0n) is 14.6. The van der Waals surface area contributed by atoms with Crippen LogP contribution in [0.25, 0.3) is 11.3 Å². The second-order valence-corrected chi connectivity index (χ2v) is 6.22. The van der Waals surface area contributed by atoms with Gasteiger partial charge in [-0.25, -0.2) is 0 Å². The van der Waals surface area contributed by atoms with Crippen LogP contribution in [0.4, 0.5) is 5.88 Å². The Kier molecular flexibility index (Phi) is 5.88. The lowest BCUT2D eigenvalue weighted by atomic mass is 10.1. The van der Waals surface area contributed by atoms with Gasteiger partial charge in [0.05, 0.1) is 7.11 Å². The van der Waals surface area contributed by atoms with Crippen LogP contribution >= 0.6 is 11.6 Å². The Morgan fingerprint density at radius 3 is 2.44 bits per heavy atom. The SMILES string of the molecule is COc1ccc(C(=O)CCC(=O)Nc2cc(-c3ccc(Cl)cc3)no2)cc1. The molecule has 0 bridgehead atoms. The Hall–Kier alpha value is -3.12. The third kappa shape index (κ3) is 4.95. The van der Waals surface area contributed by atoms with E-state index in [2.05, 4.69) is 10.5 Å². The molecular weight excluding hydrogens is 368 g/mol. The van der Waals surface area contributed by atoms with Crippen molar-refractivity contribution >= 4 is 29.2 Å². The van der Waals surface area contributed by atoms with Crippen LogP contribution in [0, 0.1) is 0 Å². The van der Waals surface area contributed by atoms with Crippen LogP contribution in [0.2, 0.25) is 5.02 Å². The molecule has 138 valence electrons. The van der Waals surface area contributed by atoms with Gasteiger partial charge < -0.3 is 9.26 Å². The Morgan fingerprint density at radius 2 is 1.78 bits per heavy atom. The van der Waals surface area contributed by atoms with Crippen LogP contribution in [-0.2, 0) is 4.79 Å². The molecule has 3 rings (SSSR count). The molecule has 27 heavy (non-hydrogen) atoms. The summed E-state index contributed by atoms with van der Waals surface area (Å²) in [5.74, 6) is 0.454. The molecule has 0 atom stereocenters. The molecule has 0 fully saturated rings. The van der Waals surface area contributed by atoms with Gasteiger partial charge in [-0.05, 0) is 36.4 Å². The van der Waals surface area contributed by atoms with Crippen molar-refractivity contribution in [2.24, 2.45) is 0 Å². The summed E-state index contributed by atoms with van der Waals surface area (Å²) >= 11 is 5.86. The van der Waals surface area contributed by atoms with E-state index in [0.717, 1.165) is 5.56 Å². The normalized spacial score (nSPS) is 10.4. The van der Waals surface area contributed by atoms with Crippen LogP contribution in [0.3, 0.4) is 0 Å². The van der Waals surface area contributed by atoms with Crippen LogP contribution in [0.5, 0.6) is 5.75 Å². The number of amides is 1. The van der Waals surface area contributed by atoms with E-state index in [1.165, 1.54) is 0 Å². The predicted molar refractivity (Wildman–Crippen MR) is 102 cm³/mol. The molecule has 1 heterocycles. The molecule has 6 nitrogen and oxygen atoms in total. The minimum Gasteiger partial charge on any atom is -0.497 e. The van der Waals surface area contributed by atoms with Crippen molar-refractivity contribution in [2.75, 3.05) is 12.4 Å². The Bertz CT molecular complexity index is 933. The summed E-state index contributed by atoms with van der Waals surface area (Å²) in [6.07, 6.45) is 0.137. The molecular formula is C20H17ClN2O4. The second kappa shape index (κ2) is 8.51. The molecule has 0 saturated carbocycles. The van der Waals surface area contributed by atoms with Gasteiger partial charge in [0.15, 0.2) is 5.78 Å². The lowest BCUT2D eigenvalue weighted by molar-refractivity contribution is -0.116. The fourth-order valence-electron chi connectivity index (χ4n) is 2.44. The molecule has 0 aliphatic heterocycles. The minimum atomic E-state index is -0.323. The molecule has 2 aromatic carbocycles. The van der Waals surface area contributed by atoms with Gasteiger partial charge in [0, 0.05) is 35.1 Å². The van der Waals surface area contributed by atoms with E-state index < -0.39 is 0 Å². The molecule has 3 aromatic rings. The number of aromatic nitrogens is 1. The number of carbonyl (C=O) groups excluding carboxylic acids is 2. The highest BCUT2D eigenvalue weighted by atomic mass is 35.5. The maximum Gasteiger partial charge on any atom is 0.231 e. The number of nitrogens with zero attached hydrogens (tertiary/aromatic N) is 1. The van der Waals surface area contributed by atoms with Gasteiger partial charge in [-0.1, -0.05) is 28.9 Å². The standard InChI is InChI=1S/C20H17ClN2O4/c1-26-16-8-4-14(5-9-16)18(24)10-11-19(25)22-20-12-17(23-27-20)13-2-6-15(21)7-3-13/h2-9,12H,10-11H2,1H3,(H,22,25). The molecule has 0 aliphatic carbocycles. The number of hydrogen-bond donors (Lipinski definition) is 1. The maximum atomic E-state index is 12.2. The first kappa shape index (κ1) is 18.7. The fraction of sp³-hybridized carbons (Fsp3) is 0.150. The average Bonchev–Trinajstić information content (AvgIpc) is 3.15. The predicted octanol–water partition coefficient (Wildman–Crippen LogP) is 4.61. The number of hydrogen-bond acceptors (Lipinski definition) is 5. The number of methoxy groups -OCH3 is 1. The van der Waals surface area contributed by atoms with Crippen molar-refractivity contribution in [3.8, 4) is 17.0 Å². The van der Waals surface area contributed by atoms with Crippen molar-refractivity contribution in [2.45, 2.75) is 12.8 Å². The van der Waals surface area contributed by atoms with E-state index in [0.29, 0.717) is 22.0 Å². The van der Waals surface area contributed by atoms with Gasteiger partial charge in [-0.15, -0.1) is 0 Å². The van der Waals surface area contributed by atoms with Gasteiger partial charge in [-0.3, -0.25) is 14.9 Å². The smallest absolute Gasteiger partial charge is 0.231 e. The highest BCUT2D eigenvalue weighted by molar-refractivity contribution is 6.30. The van der Waals surface area contributed by atoms with Crippen LogP contribution in [0.1, 0.15) is 23.2 Å². The molecule has 0 saturated heterocycles. The maximum absolute atomic E-state index is 12.2. The highest BCUT2D eigenvalue weighted by Crippen LogP contribution is 2.23. The van der Waals surface area contributed by atoms with Crippen molar-refractivity contribution in [1.82, 2.24) is 5.16 Å². The van der Waals surface area contributed by atoms with Crippen LogP contribution < -0.4 is 10.1 Å². The quantitative estimate of drug-likeness (QED) is 0.602. The molecule has 0 radical (unpaired) electrons. The van der Waals surface area contributed by atoms with Gasteiger partial charge in [0.25, 0.3) is 0 Å². The monoisotopic (exact) mass is 384 g/mol. The summed E-state index contributed by atoms with van der Waals surface area (Å²) in [6.45, 7) is 0. The number of ketones is 1. The van der Waals surface area contributed by atoms with E-state index in [9.17, 15) is 9.59 Å². The first-order chi connectivity index (χ1) is 13.0. The number of halogens is 1. The average molecular weight is 385 g/mol. The minimum absolute atomic E-state index is 0.0435. The molecule has 0 aliphatic rings. The van der Waals surface area contributed by atoms with E-state index >= 15 is 0 Å². The second-order valence-electron chi connectivity index (χ2n) is 5.78. The van der Waals surface area contributed by atoms with Gasteiger partial charge >= 0.3 is 0 Å². The first-order valence-electron chi connectivity index (χ1n) is 8.25. The molecule has 0 spiro atoms. The van der Waals surface area contributed by atoms with E-state index in [4.69, 9.17) is 20.9 Å². The number of nitrogens with one attached hydrogen (secondary N) is 1. The van der Waals surface area contributed by atoms with Crippen molar-refractivity contribution in [1.29, 1.82) is 0 Å². The van der Waals surface area contributed by atoms with Gasteiger partial charge in [-0.2, -0.15) is 0 Å². The topological polar surface area (TPSA) is 81.4 Å². The van der Waals surface area contributed by atoms with Crippen molar-refractivity contribution < 1.29 is 18.8 Å². The molecule has 7 heteroatoms. The third-order valence-corrected chi connectivity index (χ3v) is 4.16. The number of ether oxygens (including phenoxy) is 1. The summed E-state index contributed by atoms with van der Waals surface area (Å²) in [7, 11) is 1.56. The van der Waals surface area contributed by atoms with E-state index in [1.54, 1.807) is 61.7 Å². The Balaban J connectivity index is 1.53. The van der Waals surface area contributed by atoms with Gasteiger partial charge in [0.1, 0.15) is 11.4 Å². The first-order valence-corrected chi connectivity index (χ1v) is 8.63. The number of Topliss-reactive ketones (excluding diaryl/α,β-unsaturated/α-hetero) is 1. The largest absolute Gasteiger partial charge is 0.497 e. The number of anilines is 1. The molecule has 1 amide bonds. The number of benzene rings is 2. The zero-order valence-corrected chi connectivity index (χ0v) is 15.3. The van der Waals surface area contributed by atoms with Crippen molar-refractivity contribution in [3.05, 3.63) is 65.2 Å². The van der Waals surface area contributed by atoms with E-state index in [-0.39, 0.29) is 30.4 Å². The third-order valence-electron chi connectivity index (χ3n) is 3.90. The summed E-state index contributed by atoms with van der Waals surface area (Å²) in [5, 5.41) is 7.14. The number of carbonyl (C=O) groups is 2. The van der Waals surface area contributed by atoms with E-state index in [1.807, 2.05) is 0 Å². The summed E-state index contributed by atoms with van der Waals surface area (Å²) in [6, 6.07) is 15.5. The number of rotatable bonds is 7. The summed E-state index contributed by atoms with van der Waals surface area (Å²) in [4.78, 5) is 24.2. The Morgan fingerprint density at radius 1 is 1.07 bits per heavy atom. The Labute approximate surface area is 161 Å². The van der Waals surface area contributed by atoms with Crippen LogP contribution in [-0.4, -0.2) is 24.0 Å². The lowest BCUT2D eigenvalue weighted by Gasteiger charge is -2.03. The van der Waals surface area contributed by atoms with Gasteiger partial charge in [0.2, 0.25) is 11.8 Å². The van der Waals surface area contributed by atoms with Crippen LogP contribution in [0.15, 0.2) is 59.1 Å². The summed E-state index contributed by atoms with van der Waals surface area (Å²) < 4.78 is 10.2. The lowest BCUT2D eigenvalue weighted by Crippen LogP contribution is -2.13. The molecule has 1 N–H and O–H groups in total. The van der Waals surface area contributed by atoms with Crippen molar-refractivity contribution in [3.63, 3.8) is 0 Å². The highest BCUT2D eigenvalue weighted by Gasteiger charge is 2.13.